The first-order chi connectivity index (χ1) is 7.04. The number of aliphatic hydroxyl groups is 4. The topological polar surface area (TPSA) is 101 Å². The van der Waals surface area contributed by atoms with Crippen molar-refractivity contribution in [2.75, 3.05) is 13.2 Å². The zero-order valence-electron chi connectivity index (χ0n) is 8.52. The number of carbonyl (C=O) groups excluding carboxylic acids is 1. The Bertz CT molecular complexity index is 225. The number of carbonyl (C=O) groups is 1. The molecular formula is C9H17NO5. The second kappa shape index (κ2) is 5.00. The summed E-state index contributed by atoms with van der Waals surface area (Å²) < 4.78 is 0. The Balaban J connectivity index is 2.86. The zero-order chi connectivity index (χ0) is 11.6. The maximum atomic E-state index is 10.4. The standard InChI is InChI=1S/C9H17NO5/c1-5-7(13)9(15)8(14)6(4-12)10(5)2-3-11/h3,5-9,12-15H,2,4H2,1H3/t5-,6+,7+,8+,9+/m0/s1. The Morgan fingerprint density at radius 3 is 2.27 bits per heavy atom. The molecule has 6 nitrogen and oxygen atoms in total. The summed E-state index contributed by atoms with van der Waals surface area (Å²) >= 11 is 0. The van der Waals surface area contributed by atoms with E-state index in [1.54, 1.807) is 6.92 Å². The third-order valence-corrected chi connectivity index (χ3v) is 3.01. The van der Waals surface area contributed by atoms with E-state index >= 15 is 0 Å². The highest BCUT2D eigenvalue weighted by molar-refractivity contribution is 5.52. The molecule has 0 aromatic rings. The minimum Gasteiger partial charge on any atom is -0.395 e. The Kier molecular flexibility index (Phi) is 4.18. The van der Waals surface area contributed by atoms with Crippen LogP contribution in [0.4, 0.5) is 0 Å². The van der Waals surface area contributed by atoms with Crippen LogP contribution in [-0.2, 0) is 4.79 Å². The zero-order valence-corrected chi connectivity index (χ0v) is 8.52. The second-order valence-electron chi connectivity index (χ2n) is 3.83. The highest BCUT2D eigenvalue weighted by Crippen LogP contribution is 2.23. The molecule has 1 saturated heterocycles. The molecule has 0 spiro atoms. The lowest BCUT2D eigenvalue weighted by atomic mass is 9.89. The molecule has 1 aliphatic heterocycles. The van der Waals surface area contributed by atoms with E-state index in [9.17, 15) is 20.1 Å². The third kappa shape index (κ3) is 2.19. The summed E-state index contributed by atoms with van der Waals surface area (Å²) in [6.07, 6.45) is -3.03. The van der Waals surface area contributed by atoms with Crippen LogP contribution in [0.2, 0.25) is 0 Å². The van der Waals surface area contributed by atoms with E-state index in [0.29, 0.717) is 6.29 Å². The van der Waals surface area contributed by atoms with E-state index < -0.39 is 30.4 Å². The molecule has 0 aromatic carbocycles. The molecule has 0 unspecified atom stereocenters. The van der Waals surface area contributed by atoms with Crippen molar-refractivity contribution in [3.05, 3.63) is 0 Å². The first kappa shape index (κ1) is 12.5. The van der Waals surface area contributed by atoms with Gasteiger partial charge in [0.25, 0.3) is 0 Å². The van der Waals surface area contributed by atoms with Gasteiger partial charge in [-0.05, 0) is 6.92 Å². The Morgan fingerprint density at radius 1 is 1.20 bits per heavy atom. The van der Waals surface area contributed by atoms with E-state index in [1.165, 1.54) is 4.90 Å². The SMILES string of the molecule is C[C@H]1[C@@H](O)[C@@H](O)[C@H](O)[C@@H](CO)N1CC=O. The van der Waals surface area contributed by atoms with Gasteiger partial charge in [0.2, 0.25) is 0 Å². The van der Waals surface area contributed by atoms with E-state index in [1.807, 2.05) is 0 Å². The molecule has 0 amide bonds. The normalized spacial score (nSPS) is 42.9. The van der Waals surface area contributed by atoms with Gasteiger partial charge in [0.15, 0.2) is 0 Å². The minimum atomic E-state index is -1.29. The molecule has 0 bridgehead atoms. The molecule has 1 heterocycles. The van der Waals surface area contributed by atoms with Gasteiger partial charge in [-0.1, -0.05) is 0 Å². The first-order valence-corrected chi connectivity index (χ1v) is 4.89. The summed E-state index contributed by atoms with van der Waals surface area (Å²) in [6.45, 7) is 1.27. The molecule has 0 saturated carbocycles. The van der Waals surface area contributed by atoms with Crippen LogP contribution in [0.1, 0.15) is 6.92 Å². The summed E-state index contributed by atoms with van der Waals surface area (Å²) in [5, 5.41) is 37.7. The fourth-order valence-electron chi connectivity index (χ4n) is 2.01. The lowest BCUT2D eigenvalue weighted by molar-refractivity contribution is -0.167. The number of piperidine rings is 1. The Hall–Kier alpha value is -0.530. The van der Waals surface area contributed by atoms with Crippen molar-refractivity contribution in [2.45, 2.75) is 37.3 Å². The fourth-order valence-corrected chi connectivity index (χ4v) is 2.01. The van der Waals surface area contributed by atoms with Gasteiger partial charge < -0.3 is 25.2 Å². The number of aldehydes is 1. The molecule has 1 rings (SSSR count). The average molecular weight is 219 g/mol. The molecule has 5 atom stereocenters. The summed E-state index contributed by atoms with van der Waals surface area (Å²) in [6, 6.07) is -1.20. The van der Waals surface area contributed by atoms with E-state index in [4.69, 9.17) is 5.11 Å². The monoisotopic (exact) mass is 219 g/mol. The van der Waals surface area contributed by atoms with Crippen molar-refractivity contribution in [3.8, 4) is 0 Å². The van der Waals surface area contributed by atoms with Gasteiger partial charge in [-0.15, -0.1) is 0 Å². The van der Waals surface area contributed by atoms with Gasteiger partial charge in [0, 0.05) is 6.04 Å². The smallest absolute Gasteiger partial charge is 0.134 e. The summed E-state index contributed by atoms with van der Waals surface area (Å²) in [4.78, 5) is 11.9. The van der Waals surface area contributed by atoms with E-state index in [2.05, 4.69) is 0 Å². The summed E-state index contributed by atoms with van der Waals surface area (Å²) in [5.41, 5.74) is 0. The van der Waals surface area contributed by atoms with Crippen LogP contribution in [0.15, 0.2) is 0 Å². The van der Waals surface area contributed by atoms with Crippen LogP contribution in [0.3, 0.4) is 0 Å². The molecule has 0 radical (unpaired) electrons. The van der Waals surface area contributed by atoms with E-state index in [0.717, 1.165) is 0 Å². The van der Waals surface area contributed by atoms with Gasteiger partial charge in [-0.25, -0.2) is 0 Å². The predicted octanol–water partition coefficient (Wildman–Crippen LogP) is -2.67. The summed E-state index contributed by atoms with van der Waals surface area (Å²) in [5.74, 6) is 0. The molecule has 0 aromatic heterocycles. The predicted molar refractivity (Wildman–Crippen MR) is 51.1 cm³/mol. The number of hydrogen-bond acceptors (Lipinski definition) is 6. The highest BCUT2D eigenvalue weighted by Gasteiger charge is 2.45. The Morgan fingerprint density at radius 2 is 1.80 bits per heavy atom. The van der Waals surface area contributed by atoms with Gasteiger partial charge in [0.1, 0.15) is 18.5 Å². The van der Waals surface area contributed by atoms with Gasteiger partial charge in [0.05, 0.1) is 25.3 Å². The van der Waals surface area contributed by atoms with Crippen molar-refractivity contribution in [2.24, 2.45) is 0 Å². The first-order valence-electron chi connectivity index (χ1n) is 4.89. The van der Waals surface area contributed by atoms with Crippen LogP contribution < -0.4 is 0 Å². The number of likely N-dealkylation sites (tertiary alicyclic amines) is 1. The Labute approximate surface area is 87.8 Å². The maximum absolute atomic E-state index is 10.4. The minimum absolute atomic E-state index is 0.00718. The lowest BCUT2D eigenvalue weighted by Gasteiger charge is -2.46. The molecule has 15 heavy (non-hydrogen) atoms. The van der Waals surface area contributed by atoms with Crippen LogP contribution in [-0.4, -0.2) is 75.2 Å². The number of hydrogen-bond donors (Lipinski definition) is 4. The van der Waals surface area contributed by atoms with Crippen LogP contribution >= 0.6 is 0 Å². The largest absolute Gasteiger partial charge is 0.395 e. The van der Waals surface area contributed by atoms with Gasteiger partial charge in [-0.2, -0.15) is 0 Å². The van der Waals surface area contributed by atoms with Gasteiger partial charge in [-0.3, -0.25) is 4.90 Å². The molecule has 1 fully saturated rings. The number of nitrogens with zero attached hydrogens (tertiary/aromatic N) is 1. The van der Waals surface area contributed by atoms with Crippen LogP contribution in [0.5, 0.6) is 0 Å². The molecule has 88 valence electrons. The molecular weight excluding hydrogens is 202 g/mol. The van der Waals surface area contributed by atoms with Crippen molar-refractivity contribution >= 4 is 6.29 Å². The van der Waals surface area contributed by atoms with Crippen molar-refractivity contribution < 1.29 is 25.2 Å². The maximum Gasteiger partial charge on any atom is 0.134 e. The number of aliphatic hydroxyl groups excluding tert-OH is 4. The second-order valence-corrected chi connectivity index (χ2v) is 3.83. The quantitative estimate of drug-likeness (QED) is 0.386. The van der Waals surface area contributed by atoms with Crippen molar-refractivity contribution in [1.82, 2.24) is 4.90 Å². The summed E-state index contributed by atoms with van der Waals surface area (Å²) in [7, 11) is 0. The highest BCUT2D eigenvalue weighted by atomic mass is 16.4. The van der Waals surface area contributed by atoms with E-state index in [-0.39, 0.29) is 13.2 Å². The van der Waals surface area contributed by atoms with Crippen LogP contribution in [0, 0.1) is 0 Å². The molecule has 1 aliphatic rings. The molecule has 4 N–H and O–H groups in total. The van der Waals surface area contributed by atoms with Crippen molar-refractivity contribution in [3.63, 3.8) is 0 Å². The number of rotatable bonds is 3. The van der Waals surface area contributed by atoms with Gasteiger partial charge >= 0.3 is 0 Å². The lowest BCUT2D eigenvalue weighted by Crippen LogP contribution is -2.66. The van der Waals surface area contributed by atoms with Crippen molar-refractivity contribution in [1.29, 1.82) is 0 Å². The fraction of sp³-hybridized carbons (Fsp3) is 0.889. The third-order valence-electron chi connectivity index (χ3n) is 3.01. The average Bonchev–Trinajstić information content (AvgIpc) is 2.24. The van der Waals surface area contributed by atoms with Crippen LogP contribution in [0.25, 0.3) is 0 Å². The molecule has 0 aliphatic carbocycles. The molecule has 6 heteroatoms.